The fourth-order valence-corrected chi connectivity index (χ4v) is 3.22. The lowest BCUT2D eigenvalue weighted by Crippen LogP contribution is -2.33. The normalized spacial score (nSPS) is 22.8. The van der Waals surface area contributed by atoms with E-state index in [0.717, 1.165) is 25.8 Å². The molecule has 7 heteroatoms. The molecule has 110 valence electrons. The first-order valence-corrected chi connectivity index (χ1v) is 8.11. The second kappa shape index (κ2) is 6.38. The summed E-state index contributed by atoms with van der Waals surface area (Å²) in [5.41, 5.74) is 5.29. The zero-order valence-corrected chi connectivity index (χ0v) is 12.3. The summed E-state index contributed by atoms with van der Waals surface area (Å²) in [6, 6.07) is -0.0675. The van der Waals surface area contributed by atoms with Crippen LogP contribution in [0, 0.1) is 5.41 Å². The largest absolute Gasteiger partial charge is 0.409 e. The Bertz CT molecular complexity index is 455. The number of rotatable bonds is 7. The lowest BCUT2D eigenvalue weighted by Gasteiger charge is -2.22. The Kier molecular flexibility index (Phi) is 5.37. The maximum Gasteiger partial charge on any atom is 0.173 e. The zero-order chi connectivity index (χ0) is 14.5. The van der Waals surface area contributed by atoms with Gasteiger partial charge in [0.1, 0.15) is 5.84 Å². The van der Waals surface area contributed by atoms with Gasteiger partial charge < -0.3 is 16.3 Å². The number of amidine groups is 1. The summed E-state index contributed by atoms with van der Waals surface area (Å²) in [6.07, 6.45) is 4.37. The number of hydrogen-bond donors (Lipinski definition) is 3. The molecule has 0 bridgehead atoms. The van der Waals surface area contributed by atoms with Gasteiger partial charge in [-0.15, -0.1) is 0 Å². The monoisotopic (exact) mass is 289 g/mol. The standard InChI is InChI=1S/C12H23N3O3S/c1-12(2,11(13)15-16)6-3-4-7-14-10-5-8-19(17,18)9-10/h5,8,10,14,16H,3-4,6-7,9H2,1-2H3,(H2,13,15). The van der Waals surface area contributed by atoms with Gasteiger partial charge in [-0.25, -0.2) is 8.42 Å². The van der Waals surface area contributed by atoms with E-state index in [9.17, 15) is 8.42 Å². The number of nitrogens with one attached hydrogen (secondary N) is 1. The molecule has 0 aliphatic carbocycles. The molecular weight excluding hydrogens is 266 g/mol. The van der Waals surface area contributed by atoms with Gasteiger partial charge in [-0.05, 0) is 19.4 Å². The third-order valence-electron chi connectivity index (χ3n) is 3.37. The summed E-state index contributed by atoms with van der Waals surface area (Å²) in [7, 11) is -2.98. The molecule has 1 aliphatic rings. The fourth-order valence-electron chi connectivity index (χ4n) is 1.95. The summed E-state index contributed by atoms with van der Waals surface area (Å²) in [4.78, 5) is 0. The van der Waals surface area contributed by atoms with E-state index in [1.165, 1.54) is 5.41 Å². The minimum atomic E-state index is -2.98. The minimum absolute atomic E-state index is 0.0675. The number of sulfone groups is 1. The third-order valence-corrected chi connectivity index (χ3v) is 4.76. The van der Waals surface area contributed by atoms with Crippen molar-refractivity contribution in [2.24, 2.45) is 16.3 Å². The molecule has 1 unspecified atom stereocenters. The average Bonchev–Trinajstić information content (AvgIpc) is 2.67. The molecule has 1 heterocycles. The molecule has 0 aromatic rings. The first-order valence-electron chi connectivity index (χ1n) is 6.39. The topological polar surface area (TPSA) is 105 Å². The number of unbranched alkanes of at least 4 members (excludes halogenated alkanes) is 1. The fraction of sp³-hybridized carbons (Fsp3) is 0.750. The Balaban J connectivity index is 2.18. The lowest BCUT2D eigenvalue weighted by molar-refractivity contribution is 0.304. The Labute approximate surface area is 114 Å². The van der Waals surface area contributed by atoms with Crippen LogP contribution < -0.4 is 11.1 Å². The van der Waals surface area contributed by atoms with Crippen LogP contribution in [0.5, 0.6) is 0 Å². The molecule has 0 aromatic carbocycles. The smallest absolute Gasteiger partial charge is 0.173 e. The molecular formula is C12H23N3O3S. The van der Waals surface area contributed by atoms with E-state index in [1.54, 1.807) is 6.08 Å². The maximum atomic E-state index is 11.2. The summed E-state index contributed by atoms with van der Waals surface area (Å²) >= 11 is 0. The quantitative estimate of drug-likeness (QED) is 0.212. The van der Waals surface area contributed by atoms with E-state index in [1.807, 2.05) is 13.8 Å². The van der Waals surface area contributed by atoms with Crippen molar-refractivity contribution in [1.82, 2.24) is 5.32 Å². The Morgan fingerprint density at radius 2 is 2.21 bits per heavy atom. The number of nitrogens with zero attached hydrogens (tertiary/aromatic N) is 1. The van der Waals surface area contributed by atoms with E-state index < -0.39 is 9.84 Å². The molecule has 0 fully saturated rings. The van der Waals surface area contributed by atoms with Gasteiger partial charge in [0.05, 0.1) is 5.75 Å². The van der Waals surface area contributed by atoms with Gasteiger partial charge in [0, 0.05) is 16.9 Å². The molecule has 4 N–H and O–H groups in total. The van der Waals surface area contributed by atoms with E-state index in [2.05, 4.69) is 10.5 Å². The van der Waals surface area contributed by atoms with Crippen molar-refractivity contribution < 1.29 is 13.6 Å². The maximum absolute atomic E-state index is 11.2. The highest BCUT2D eigenvalue weighted by Crippen LogP contribution is 2.23. The van der Waals surface area contributed by atoms with Crippen molar-refractivity contribution in [1.29, 1.82) is 0 Å². The second-order valence-electron chi connectivity index (χ2n) is 5.54. The van der Waals surface area contributed by atoms with Crippen LogP contribution in [0.15, 0.2) is 16.6 Å². The first kappa shape index (κ1) is 16.0. The van der Waals surface area contributed by atoms with Crippen molar-refractivity contribution in [2.75, 3.05) is 12.3 Å². The molecule has 0 saturated heterocycles. The van der Waals surface area contributed by atoms with E-state index in [4.69, 9.17) is 10.9 Å². The molecule has 1 rings (SSSR count). The molecule has 1 aliphatic heterocycles. The van der Waals surface area contributed by atoms with Crippen molar-refractivity contribution in [3.63, 3.8) is 0 Å². The summed E-state index contributed by atoms with van der Waals surface area (Å²) in [5, 5.41) is 16.2. The predicted octanol–water partition coefficient (Wildman–Crippen LogP) is 0.830. The molecule has 0 aromatic heterocycles. The average molecular weight is 289 g/mol. The van der Waals surface area contributed by atoms with Gasteiger partial charge in [0.2, 0.25) is 0 Å². The molecule has 6 nitrogen and oxygen atoms in total. The van der Waals surface area contributed by atoms with Crippen molar-refractivity contribution in [3.05, 3.63) is 11.5 Å². The zero-order valence-electron chi connectivity index (χ0n) is 11.5. The van der Waals surface area contributed by atoms with Gasteiger partial charge in [0.25, 0.3) is 0 Å². The highest BCUT2D eigenvalue weighted by Gasteiger charge is 2.23. The number of nitrogens with two attached hydrogens (primary N) is 1. The summed E-state index contributed by atoms with van der Waals surface area (Å²) in [6.45, 7) is 4.63. The van der Waals surface area contributed by atoms with Crippen LogP contribution in [-0.4, -0.2) is 37.8 Å². The van der Waals surface area contributed by atoms with E-state index >= 15 is 0 Å². The van der Waals surface area contributed by atoms with Crippen LogP contribution in [-0.2, 0) is 9.84 Å². The van der Waals surface area contributed by atoms with E-state index in [-0.39, 0.29) is 23.0 Å². The molecule has 0 radical (unpaired) electrons. The van der Waals surface area contributed by atoms with Crippen molar-refractivity contribution in [3.8, 4) is 0 Å². The van der Waals surface area contributed by atoms with Crippen LogP contribution in [0.25, 0.3) is 0 Å². The number of oxime groups is 1. The van der Waals surface area contributed by atoms with Gasteiger partial charge >= 0.3 is 0 Å². The Hall–Kier alpha value is -1.08. The van der Waals surface area contributed by atoms with Crippen molar-refractivity contribution in [2.45, 2.75) is 39.2 Å². The Morgan fingerprint density at radius 1 is 1.53 bits per heavy atom. The van der Waals surface area contributed by atoms with Crippen LogP contribution in [0.4, 0.5) is 0 Å². The lowest BCUT2D eigenvalue weighted by atomic mass is 9.86. The molecule has 0 amide bonds. The molecule has 0 saturated carbocycles. The van der Waals surface area contributed by atoms with Crippen LogP contribution in [0.2, 0.25) is 0 Å². The van der Waals surface area contributed by atoms with Crippen LogP contribution in [0.3, 0.4) is 0 Å². The number of hydrogen-bond acceptors (Lipinski definition) is 5. The highest BCUT2D eigenvalue weighted by molar-refractivity contribution is 7.94. The summed E-state index contributed by atoms with van der Waals surface area (Å²) in [5.74, 6) is 0.396. The second-order valence-corrected chi connectivity index (χ2v) is 7.48. The predicted molar refractivity (Wildman–Crippen MR) is 75.8 cm³/mol. The SMILES string of the molecule is CC(C)(CCCCNC1C=CS(=O)(=O)C1)/C(N)=N/O. The van der Waals surface area contributed by atoms with Gasteiger partial charge in [-0.2, -0.15) is 0 Å². The van der Waals surface area contributed by atoms with Gasteiger partial charge in [0.15, 0.2) is 9.84 Å². The van der Waals surface area contributed by atoms with Gasteiger partial charge in [-0.3, -0.25) is 0 Å². The summed E-state index contributed by atoms with van der Waals surface area (Å²) < 4.78 is 22.4. The van der Waals surface area contributed by atoms with E-state index in [0.29, 0.717) is 0 Å². The van der Waals surface area contributed by atoms with Crippen molar-refractivity contribution >= 4 is 15.7 Å². The highest BCUT2D eigenvalue weighted by atomic mass is 32.2. The van der Waals surface area contributed by atoms with Crippen LogP contribution in [0.1, 0.15) is 33.1 Å². The molecule has 1 atom stereocenters. The van der Waals surface area contributed by atoms with Gasteiger partial charge in [-0.1, -0.05) is 31.5 Å². The third kappa shape index (κ3) is 5.20. The first-order chi connectivity index (χ1) is 8.77. The Morgan fingerprint density at radius 3 is 2.74 bits per heavy atom. The van der Waals surface area contributed by atoms with Crippen LogP contribution >= 0.6 is 0 Å². The molecule has 0 spiro atoms. The minimum Gasteiger partial charge on any atom is -0.409 e. The molecule has 19 heavy (non-hydrogen) atoms.